The van der Waals surface area contributed by atoms with Gasteiger partial charge in [-0.3, -0.25) is 4.79 Å². The molecule has 1 aromatic rings. The van der Waals surface area contributed by atoms with Crippen LogP contribution in [0.3, 0.4) is 0 Å². The maximum atomic E-state index is 13.2. The van der Waals surface area contributed by atoms with Crippen molar-refractivity contribution in [3.05, 3.63) is 34.1 Å². The Labute approximate surface area is 96.2 Å². The largest absolute Gasteiger partial charge is 0.481 e. The summed E-state index contributed by atoms with van der Waals surface area (Å²) in [5.74, 6) is -1.07. The van der Waals surface area contributed by atoms with Crippen LogP contribution in [0.15, 0.2) is 22.7 Å². The molecule has 1 aromatic carbocycles. The van der Waals surface area contributed by atoms with E-state index >= 15 is 0 Å². The van der Waals surface area contributed by atoms with Crippen molar-refractivity contribution in [2.45, 2.75) is 25.7 Å². The predicted octanol–water partition coefficient (Wildman–Crippen LogP) is 3.56. The van der Waals surface area contributed by atoms with Crippen molar-refractivity contribution >= 4 is 21.9 Å². The minimum absolute atomic E-state index is 0.0590. The van der Waals surface area contributed by atoms with Gasteiger partial charge in [0.15, 0.2) is 0 Å². The summed E-state index contributed by atoms with van der Waals surface area (Å²) < 4.78 is 13.6. The minimum atomic E-state index is -0.820. The fraction of sp³-hybridized carbons (Fsp3) is 0.364. The highest BCUT2D eigenvalue weighted by Crippen LogP contribution is 2.24. The van der Waals surface area contributed by atoms with Crippen LogP contribution >= 0.6 is 15.9 Å². The number of carboxylic acids is 1. The molecule has 0 radical (unpaired) electrons. The van der Waals surface area contributed by atoms with E-state index in [1.165, 1.54) is 6.07 Å². The lowest BCUT2D eigenvalue weighted by molar-refractivity contribution is -0.137. The van der Waals surface area contributed by atoms with E-state index in [1.54, 1.807) is 12.1 Å². The van der Waals surface area contributed by atoms with Crippen LogP contribution in [0.5, 0.6) is 0 Å². The van der Waals surface area contributed by atoms with Crippen LogP contribution in [0.1, 0.15) is 31.2 Å². The van der Waals surface area contributed by atoms with Crippen molar-refractivity contribution in [3.8, 4) is 0 Å². The summed E-state index contributed by atoms with van der Waals surface area (Å²) in [5, 5.41) is 8.53. The molecule has 0 amide bonds. The van der Waals surface area contributed by atoms with E-state index in [9.17, 15) is 9.18 Å². The first-order valence-electron chi connectivity index (χ1n) is 4.67. The summed E-state index contributed by atoms with van der Waals surface area (Å²) >= 11 is 3.07. The molecule has 0 fully saturated rings. The molecule has 15 heavy (non-hydrogen) atoms. The predicted molar refractivity (Wildman–Crippen MR) is 59.4 cm³/mol. The van der Waals surface area contributed by atoms with E-state index in [4.69, 9.17) is 5.11 Å². The number of rotatable bonds is 4. The van der Waals surface area contributed by atoms with Gasteiger partial charge in [0.05, 0.1) is 4.47 Å². The lowest BCUT2D eigenvalue weighted by atomic mass is 9.96. The Morgan fingerprint density at radius 3 is 2.80 bits per heavy atom. The Balaban J connectivity index is 2.69. The zero-order valence-electron chi connectivity index (χ0n) is 8.34. The summed E-state index contributed by atoms with van der Waals surface area (Å²) in [4.78, 5) is 10.4. The summed E-state index contributed by atoms with van der Waals surface area (Å²) in [7, 11) is 0. The van der Waals surface area contributed by atoms with Gasteiger partial charge in [-0.15, -0.1) is 0 Å². The fourth-order valence-electron chi connectivity index (χ4n) is 1.33. The summed E-state index contributed by atoms with van der Waals surface area (Å²) in [6, 6.07) is 4.89. The minimum Gasteiger partial charge on any atom is -0.481 e. The lowest BCUT2D eigenvalue weighted by Crippen LogP contribution is -2.00. The molecule has 1 N–H and O–H groups in total. The normalized spacial score (nSPS) is 12.5. The molecule has 1 unspecified atom stereocenters. The molecular formula is C11H12BrFO2. The van der Waals surface area contributed by atoms with Crippen LogP contribution in [0.2, 0.25) is 0 Å². The maximum Gasteiger partial charge on any atom is 0.303 e. The number of hydrogen-bond donors (Lipinski definition) is 1. The highest BCUT2D eigenvalue weighted by molar-refractivity contribution is 9.10. The Hall–Kier alpha value is -0.900. The van der Waals surface area contributed by atoms with E-state index in [1.807, 2.05) is 6.92 Å². The smallest absolute Gasteiger partial charge is 0.303 e. The molecule has 0 spiro atoms. The van der Waals surface area contributed by atoms with Crippen LogP contribution < -0.4 is 0 Å². The Bertz CT molecular complexity index is 366. The van der Waals surface area contributed by atoms with Gasteiger partial charge in [0.2, 0.25) is 0 Å². The van der Waals surface area contributed by atoms with E-state index in [0.717, 1.165) is 5.56 Å². The van der Waals surface area contributed by atoms with Crippen molar-refractivity contribution < 1.29 is 14.3 Å². The molecule has 1 rings (SSSR count). The number of hydrogen-bond acceptors (Lipinski definition) is 1. The van der Waals surface area contributed by atoms with Gasteiger partial charge in [-0.1, -0.05) is 13.0 Å². The van der Waals surface area contributed by atoms with E-state index in [-0.39, 0.29) is 18.2 Å². The van der Waals surface area contributed by atoms with Crippen molar-refractivity contribution in [1.82, 2.24) is 0 Å². The molecule has 0 heterocycles. The number of carboxylic acid groups (broad SMARTS) is 1. The Kier molecular flexibility index (Phi) is 4.27. The van der Waals surface area contributed by atoms with Gasteiger partial charge in [-0.25, -0.2) is 4.39 Å². The third-order valence-corrected chi connectivity index (χ3v) is 2.95. The molecule has 0 aliphatic rings. The molecule has 0 saturated heterocycles. The quantitative estimate of drug-likeness (QED) is 0.912. The van der Waals surface area contributed by atoms with Crippen LogP contribution in [0, 0.1) is 5.82 Å². The number of carbonyl (C=O) groups is 1. The third kappa shape index (κ3) is 3.63. The average Bonchev–Trinajstić information content (AvgIpc) is 2.18. The van der Waals surface area contributed by atoms with Crippen LogP contribution in [-0.2, 0) is 4.79 Å². The van der Waals surface area contributed by atoms with Crippen molar-refractivity contribution in [1.29, 1.82) is 0 Å². The molecule has 0 aromatic heterocycles. The Morgan fingerprint density at radius 1 is 1.60 bits per heavy atom. The van der Waals surface area contributed by atoms with Crippen LogP contribution in [0.25, 0.3) is 0 Å². The van der Waals surface area contributed by atoms with Gasteiger partial charge in [-0.05, 0) is 46.0 Å². The topological polar surface area (TPSA) is 37.3 Å². The third-order valence-electron chi connectivity index (χ3n) is 2.30. The van der Waals surface area contributed by atoms with Gasteiger partial charge in [-0.2, -0.15) is 0 Å². The Morgan fingerprint density at radius 2 is 2.27 bits per heavy atom. The summed E-state index contributed by atoms with van der Waals surface area (Å²) in [6.45, 7) is 1.89. The molecular weight excluding hydrogens is 263 g/mol. The monoisotopic (exact) mass is 274 g/mol. The SMILES string of the molecule is CC(CCC(=O)O)c1ccc(Br)c(F)c1. The van der Waals surface area contributed by atoms with Gasteiger partial charge < -0.3 is 5.11 Å². The van der Waals surface area contributed by atoms with Crippen LogP contribution in [-0.4, -0.2) is 11.1 Å². The lowest BCUT2D eigenvalue weighted by Gasteiger charge is -2.10. The average molecular weight is 275 g/mol. The van der Waals surface area contributed by atoms with Gasteiger partial charge in [0.1, 0.15) is 5.82 Å². The number of benzene rings is 1. The second kappa shape index (κ2) is 5.26. The van der Waals surface area contributed by atoms with Crippen molar-refractivity contribution in [3.63, 3.8) is 0 Å². The highest BCUT2D eigenvalue weighted by Gasteiger charge is 2.09. The van der Waals surface area contributed by atoms with Gasteiger partial charge >= 0.3 is 5.97 Å². The fourth-order valence-corrected chi connectivity index (χ4v) is 1.57. The molecule has 0 saturated carbocycles. The van der Waals surface area contributed by atoms with Gasteiger partial charge in [0, 0.05) is 6.42 Å². The first kappa shape index (κ1) is 12.2. The number of aliphatic carboxylic acids is 1. The standard InChI is InChI=1S/C11H12BrFO2/c1-7(2-5-11(14)15)8-3-4-9(12)10(13)6-8/h3-4,6-7H,2,5H2,1H3,(H,14,15). The molecule has 0 aliphatic carbocycles. The first-order chi connectivity index (χ1) is 7.00. The van der Waals surface area contributed by atoms with Crippen molar-refractivity contribution in [2.75, 3.05) is 0 Å². The van der Waals surface area contributed by atoms with E-state index < -0.39 is 5.97 Å². The molecule has 0 bridgehead atoms. The molecule has 4 heteroatoms. The second-order valence-corrected chi connectivity index (χ2v) is 4.36. The van der Waals surface area contributed by atoms with E-state index in [0.29, 0.717) is 10.9 Å². The summed E-state index contributed by atoms with van der Waals surface area (Å²) in [6.07, 6.45) is 0.634. The van der Waals surface area contributed by atoms with E-state index in [2.05, 4.69) is 15.9 Å². The highest BCUT2D eigenvalue weighted by atomic mass is 79.9. The second-order valence-electron chi connectivity index (χ2n) is 3.51. The first-order valence-corrected chi connectivity index (χ1v) is 5.46. The van der Waals surface area contributed by atoms with Gasteiger partial charge in [0.25, 0.3) is 0 Å². The zero-order valence-corrected chi connectivity index (χ0v) is 9.92. The zero-order chi connectivity index (χ0) is 11.4. The molecule has 82 valence electrons. The summed E-state index contributed by atoms with van der Waals surface area (Å²) in [5.41, 5.74) is 0.831. The molecule has 1 atom stereocenters. The number of halogens is 2. The van der Waals surface area contributed by atoms with Crippen molar-refractivity contribution in [2.24, 2.45) is 0 Å². The molecule has 2 nitrogen and oxygen atoms in total. The van der Waals surface area contributed by atoms with Crippen LogP contribution in [0.4, 0.5) is 4.39 Å². The molecule has 0 aliphatic heterocycles. The maximum absolute atomic E-state index is 13.2.